The van der Waals surface area contributed by atoms with E-state index in [9.17, 15) is 4.79 Å². The van der Waals surface area contributed by atoms with E-state index in [1.54, 1.807) is 0 Å². The van der Waals surface area contributed by atoms with Crippen molar-refractivity contribution in [1.82, 2.24) is 9.80 Å². The van der Waals surface area contributed by atoms with Crippen molar-refractivity contribution in [3.05, 3.63) is 0 Å². The Bertz CT molecular complexity index is 359. The van der Waals surface area contributed by atoms with Crippen molar-refractivity contribution < 1.29 is 9.53 Å². The number of ether oxygens (including phenoxy) is 1. The van der Waals surface area contributed by atoms with Gasteiger partial charge in [0.1, 0.15) is 6.10 Å². The lowest BCUT2D eigenvalue weighted by Crippen LogP contribution is -2.50. The van der Waals surface area contributed by atoms with Crippen LogP contribution in [0.3, 0.4) is 0 Å². The summed E-state index contributed by atoms with van der Waals surface area (Å²) in [6.45, 7) is 4.83. The van der Waals surface area contributed by atoms with Gasteiger partial charge in [-0.3, -0.25) is 4.79 Å². The van der Waals surface area contributed by atoms with Gasteiger partial charge in [-0.25, -0.2) is 0 Å². The van der Waals surface area contributed by atoms with Gasteiger partial charge in [-0.2, -0.15) is 0 Å². The second-order valence-electron chi connectivity index (χ2n) is 6.71. The zero-order valence-electron chi connectivity index (χ0n) is 13.8. The molecule has 0 aromatic carbocycles. The molecule has 0 aliphatic carbocycles. The lowest BCUT2D eigenvalue weighted by atomic mass is 9.99. The molecule has 3 aliphatic heterocycles. The van der Waals surface area contributed by atoms with Crippen molar-refractivity contribution in [3.63, 3.8) is 0 Å². The molecule has 3 saturated heterocycles. The lowest BCUT2D eigenvalue weighted by molar-refractivity contribution is -0.144. The predicted octanol–water partition coefficient (Wildman–Crippen LogP) is 1.81. The van der Waals surface area contributed by atoms with Crippen LogP contribution in [-0.4, -0.2) is 66.7 Å². The van der Waals surface area contributed by atoms with Gasteiger partial charge in [0, 0.05) is 25.7 Å². The maximum absolute atomic E-state index is 12.5. The molecular formula is C16H31Cl2N3O2. The molecule has 23 heavy (non-hydrogen) atoms. The second-order valence-corrected chi connectivity index (χ2v) is 6.71. The third kappa shape index (κ3) is 5.20. The van der Waals surface area contributed by atoms with Crippen LogP contribution >= 0.6 is 24.8 Å². The Morgan fingerprint density at radius 1 is 0.957 bits per heavy atom. The normalized spacial score (nSPS) is 29.7. The van der Waals surface area contributed by atoms with Crippen molar-refractivity contribution in [1.29, 1.82) is 0 Å². The molecule has 3 aliphatic rings. The quantitative estimate of drug-likeness (QED) is 0.826. The number of amides is 1. The molecule has 0 bridgehead atoms. The number of carbonyl (C=O) groups excluding carboxylic acids is 1. The summed E-state index contributed by atoms with van der Waals surface area (Å²) < 4.78 is 5.74. The van der Waals surface area contributed by atoms with E-state index in [1.165, 1.54) is 32.4 Å². The van der Waals surface area contributed by atoms with Crippen LogP contribution in [0.1, 0.15) is 44.9 Å². The fourth-order valence-electron chi connectivity index (χ4n) is 4.00. The molecule has 0 aromatic heterocycles. The highest BCUT2D eigenvalue weighted by Gasteiger charge is 2.35. The molecule has 0 saturated carbocycles. The second kappa shape index (κ2) is 10.0. The molecule has 0 aromatic rings. The highest BCUT2D eigenvalue weighted by molar-refractivity contribution is 5.85. The van der Waals surface area contributed by atoms with Gasteiger partial charge in [-0.1, -0.05) is 6.42 Å². The molecule has 7 heteroatoms. The van der Waals surface area contributed by atoms with Crippen molar-refractivity contribution in [2.24, 2.45) is 5.73 Å². The molecule has 0 spiro atoms. The minimum atomic E-state index is -0.231. The van der Waals surface area contributed by atoms with Crippen molar-refractivity contribution in [3.8, 4) is 0 Å². The Morgan fingerprint density at radius 3 is 2.17 bits per heavy atom. The van der Waals surface area contributed by atoms with E-state index in [0.717, 1.165) is 38.8 Å². The number of likely N-dealkylation sites (tertiary alicyclic amines) is 2. The first kappa shape index (κ1) is 21.0. The van der Waals surface area contributed by atoms with Gasteiger partial charge in [0.05, 0.1) is 6.10 Å². The molecule has 3 fully saturated rings. The third-order valence-corrected chi connectivity index (χ3v) is 5.33. The van der Waals surface area contributed by atoms with Crippen LogP contribution in [0.5, 0.6) is 0 Å². The van der Waals surface area contributed by atoms with Gasteiger partial charge in [-0.15, -0.1) is 24.8 Å². The van der Waals surface area contributed by atoms with Crippen molar-refractivity contribution in [2.45, 2.75) is 63.2 Å². The van der Waals surface area contributed by atoms with Crippen molar-refractivity contribution >= 4 is 30.7 Å². The molecule has 136 valence electrons. The standard InChI is InChI=1S/C16H29N3O2.2ClH/c17-12-14-4-5-15(21-14)16(20)19-10-6-13(7-11-19)18-8-2-1-3-9-18;;/h13-15H,1-12,17H2;2*1H/t14-,15+;;/m1../s1. The lowest BCUT2D eigenvalue weighted by Gasteiger charge is -2.40. The first-order chi connectivity index (χ1) is 10.3. The minimum absolute atomic E-state index is 0. The summed E-state index contributed by atoms with van der Waals surface area (Å²) in [5.74, 6) is 0.197. The van der Waals surface area contributed by atoms with Gasteiger partial charge in [0.2, 0.25) is 0 Å². The zero-order chi connectivity index (χ0) is 14.7. The van der Waals surface area contributed by atoms with Gasteiger partial charge in [0.15, 0.2) is 0 Å². The van der Waals surface area contributed by atoms with E-state index in [2.05, 4.69) is 4.90 Å². The summed E-state index contributed by atoms with van der Waals surface area (Å²) in [7, 11) is 0. The molecular weight excluding hydrogens is 337 g/mol. The number of hydrogen-bond acceptors (Lipinski definition) is 4. The Balaban J connectivity index is 0.00000132. The third-order valence-electron chi connectivity index (χ3n) is 5.33. The van der Waals surface area contributed by atoms with Crippen LogP contribution in [0.2, 0.25) is 0 Å². The molecule has 0 unspecified atom stereocenters. The Kier molecular flexibility index (Phi) is 9.16. The van der Waals surface area contributed by atoms with E-state index in [4.69, 9.17) is 10.5 Å². The highest BCUT2D eigenvalue weighted by Crippen LogP contribution is 2.24. The Morgan fingerprint density at radius 2 is 1.61 bits per heavy atom. The summed E-state index contributed by atoms with van der Waals surface area (Å²) in [5.41, 5.74) is 5.62. The van der Waals surface area contributed by atoms with E-state index in [-0.39, 0.29) is 42.9 Å². The minimum Gasteiger partial charge on any atom is -0.364 e. The number of hydrogen-bond donors (Lipinski definition) is 1. The van der Waals surface area contributed by atoms with Crippen LogP contribution in [0.15, 0.2) is 0 Å². The largest absolute Gasteiger partial charge is 0.364 e. The molecule has 3 rings (SSSR count). The Hall–Kier alpha value is -0.0700. The van der Waals surface area contributed by atoms with Gasteiger partial charge in [-0.05, 0) is 51.6 Å². The first-order valence-corrected chi connectivity index (χ1v) is 8.66. The number of halogens is 2. The average molecular weight is 368 g/mol. The van der Waals surface area contributed by atoms with Crippen molar-refractivity contribution in [2.75, 3.05) is 32.7 Å². The summed E-state index contributed by atoms with van der Waals surface area (Å²) in [5, 5.41) is 0. The monoisotopic (exact) mass is 367 g/mol. The first-order valence-electron chi connectivity index (χ1n) is 8.66. The molecule has 2 atom stereocenters. The molecule has 3 heterocycles. The maximum atomic E-state index is 12.5. The summed E-state index contributed by atoms with van der Waals surface area (Å²) in [4.78, 5) is 17.1. The molecule has 0 radical (unpaired) electrons. The van der Waals surface area contributed by atoms with E-state index in [0.29, 0.717) is 12.6 Å². The van der Waals surface area contributed by atoms with Gasteiger partial charge in [0.25, 0.3) is 5.91 Å². The van der Waals surface area contributed by atoms with E-state index >= 15 is 0 Å². The van der Waals surface area contributed by atoms with Gasteiger partial charge >= 0.3 is 0 Å². The number of nitrogens with zero attached hydrogens (tertiary/aromatic N) is 2. The van der Waals surface area contributed by atoms with Gasteiger partial charge < -0.3 is 20.3 Å². The maximum Gasteiger partial charge on any atom is 0.251 e. The number of nitrogens with two attached hydrogens (primary N) is 1. The van der Waals surface area contributed by atoms with Crippen LogP contribution < -0.4 is 5.73 Å². The average Bonchev–Trinajstić information content (AvgIpc) is 3.04. The molecule has 5 nitrogen and oxygen atoms in total. The smallest absolute Gasteiger partial charge is 0.251 e. The summed E-state index contributed by atoms with van der Waals surface area (Å²) in [6.07, 6.45) is 7.94. The van der Waals surface area contributed by atoms with Crippen LogP contribution in [0, 0.1) is 0 Å². The number of piperidine rings is 2. The van der Waals surface area contributed by atoms with E-state index in [1.807, 2.05) is 4.90 Å². The van der Waals surface area contributed by atoms with Crippen LogP contribution in [0.25, 0.3) is 0 Å². The molecule has 1 amide bonds. The fourth-order valence-corrected chi connectivity index (χ4v) is 4.00. The summed E-state index contributed by atoms with van der Waals surface area (Å²) in [6, 6.07) is 0.690. The number of carbonyl (C=O) groups is 1. The zero-order valence-corrected chi connectivity index (χ0v) is 15.5. The highest BCUT2D eigenvalue weighted by atomic mass is 35.5. The molecule has 2 N–H and O–H groups in total. The van der Waals surface area contributed by atoms with E-state index < -0.39 is 0 Å². The van der Waals surface area contributed by atoms with Crippen LogP contribution in [-0.2, 0) is 9.53 Å². The Labute approximate surface area is 152 Å². The summed E-state index contributed by atoms with van der Waals surface area (Å²) >= 11 is 0. The SMILES string of the molecule is Cl.Cl.NC[C@H]1CC[C@@H](C(=O)N2CCC(N3CCCCC3)CC2)O1. The number of rotatable bonds is 3. The fraction of sp³-hybridized carbons (Fsp3) is 0.938. The van der Waals surface area contributed by atoms with Crippen LogP contribution in [0.4, 0.5) is 0 Å². The predicted molar refractivity (Wildman–Crippen MR) is 96.5 cm³/mol. The topological polar surface area (TPSA) is 58.8 Å².